The molecule has 0 amide bonds. The number of halogens is 8. The van der Waals surface area contributed by atoms with Crippen molar-refractivity contribution >= 4 is 15.4 Å². The molecule has 30 heavy (non-hydrogen) atoms. The zero-order valence-corrected chi connectivity index (χ0v) is 15.4. The van der Waals surface area contributed by atoms with Gasteiger partial charge in [-0.25, -0.2) is 17.9 Å². The van der Waals surface area contributed by atoms with Crippen molar-refractivity contribution in [2.45, 2.75) is 30.2 Å². The van der Waals surface area contributed by atoms with E-state index in [9.17, 15) is 43.5 Å². The van der Waals surface area contributed by atoms with Gasteiger partial charge in [0.25, 0.3) is 0 Å². The first-order chi connectivity index (χ1) is 13.6. The maximum Gasteiger partial charge on any atom is 0.475 e. The van der Waals surface area contributed by atoms with Crippen LogP contribution in [0.2, 0.25) is 0 Å². The zero-order valence-electron chi connectivity index (χ0n) is 14.6. The topological polar surface area (TPSA) is 69.3 Å². The number of imidazole rings is 1. The zero-order chi connectivity index (χ0) is 22.7. The van der Waals surface area contributed by atoms with Gasteiger partial charge in [0.15, 0.2) is 15.7 Å². The van der Waals surface area contributed by atoms with Crippen LogP contribution in [-0.2, 0) is 22.1 Å². The van der Waals surface area contributed by atoms with Crippen LogP contribution < -0.4 is 0 Å². The second-order valence-electron chi connectivity index (χ2n) is 6.00. The van der Waals surface area contributed by atoms with Gasteiger partial charge in [-0.15, -0.1) is 0 Å². The monoisotopic (exact) mass is 462 g/mol. The predicted molar refractivity (Wildman–Crippen MR) is 85.4 cm³/mol. The fraction of sp³-hybridized carbons (Fsp3) is 0.333. The fourth-order valence-electron chi connectivity index (χ4n) is 2.64. The van der Waals surface area contributed by atoms with Crippen molar-refractivity contribution in [3.8, 4) is 11.5 Å². The third-order valence-corrected chi connectivity index (χ3v) is 5.88. The Bertz CT molecular complexity index is 1210. The highest BCUT2D eigenvalue weighted by Crippen LogP contribution is 2.42. The first-order valence-corrected chi connectivity index (χ1v) is 9.57. The molecule has 0 radical (unpaired) electrons. The minimum absolute atomic E-state index is 0.238. The van der Waals surface area contributed by atoms with Crippen LogP contribution in [0.3, 0.4) is 0 Å². The van der Waals surface area contributed by atoms with Crippen LogP contribution in [0.4, 0.5) is 35.1 Å². The summed E-state index contributed by atoms with van der Waals surface area (Å²) in [5.41, 5.74) is -3.04. The normalized spacial score (nSPS) is 13.9. The number of aromatic nitrogens is 4. The number of alkyl halides is 8. The van der Waals surface area contributed by atoms with Crippen LogP contribution in [0.15, 0.2) is 35.6 Å². The number of fused-ring (bicyclic) bond motifs is 1. The molecule has 0 unspecified atom stereocenters. The Morgan fingerprint density at radius 1 is 1.03 bits per heavy atom. The van der Waals surface area contributed by atoms with Crippen molar-refractivity contribution in [3.05, 3.63) is 36.3 Å². The van der Waals surface area contributed by atoms with Gasteiger partial charge >= 0.3 is 18.4 Å². The summed E-state index contributed by atoms with van der Waals surface area (Å²) in [7, 11) is -4.10. The highest BCUT2D eigenvalue weighted by atomic mass is 32.2. The lowest BCUT2D eigenvalue weighted by Gasteiger charge is -2.22. The Morgan fingerprint density at radius 3 is 2.20 bits per heavy atom. The molecule has 0 aliphatic heterocycles. The quantitative estimate of drug-likeness (QED) is 0.547. The molecule has 164 valence electrons. The maximum absolute atomic E-state index is 13.9. The highest BCUT2D eigenvalue weighted by Gasteiger charge is 2.60. The van der Waals surface area contributed by atoms with Crippen LogP contribution in [0.1, 0.15) is 12.5 Å². The predicted octanol–water partition coefficient (Wildman–Crippen LogP) is 4.12. The van der Waals surface area contributed by atoms with Crippen molar-refractivity contribution in [1.29, 1.82) is 0 Å². The summed E-state index contributed by atoms with van der Waals surface area (Å²) in [4.78, 5) is 2.70. The van der Waals surface area contributed by atoms with E-state index in [1.807, 2.05) is 0 Å². The largest absolute Gasteiger partial charge is 0.475 e. The van der Waals surface area contributed by atoms with Gasteiger partial charge in [-0.3, -0.25) is 4.57 Å². The van der Waals surface area contributed by atoms with E-state index in [4.69, 9.17) is 0 Å². The Morgan fingerprint density at radius 2 is 1.67 bits per heavy atom. The molecule has 0 saturated heterocycles. The Kier molecular flexibility index (Phi) is 4.87. The van der Waals surface area contributed by atoms with E-state index in [1.165, 1.54) is 6.92 Å². The van der Waals surface area contributed by atoms with Crippen molar-refractivity contribution in [3.63, 3.8) is 0 Å². The lowest BCUT2D eigenvalue weighted by molar-refractivity contribution is -0.323. The second-order valence-corrected chi connectivity index (χ2v) is 8.24. The molecule has 6 nitrogen and oxygen atoms in total. The van der Waals surface area contributed by atoms with Crippen molar-refractivity contribution in [2.75, 3.05) is 5.75 Å². The molecule has 3 aromatic rings. The summed E-state index contributed by atoms with van der Waals surface area (Å²) >= 11 is 0. The number of hydrogen-bond acceptors (Lipinski definition) is 4. The van der Waals surface area contributed by atoms with Crippen LogP contribution in [0.5, 0.6) is 0 Å². The summed E-state index contributed by atoms with van der Waals surface area (Å²) < 4.78 is 130. The van der Waals surface area contributed by atoms with Gasteiger partial charge in [-0.2, -0.15) is 40.2 Å². The van der Waals surface area contributed by atoms with Gasteiger partial charge in [0, 0.05) is 12.4 Å². The lowest BCUT2D eigenvalue weighted by Crippen LogP contribution is -2.39. The molecule has 0 saturated carbocycles. The molecule has 3 aromatic heterocycles. The number of nitrogens with zero attached hydrogens (tertiary/aromatic N) is 4. The van der Waals surface area contributed by atoms with Crippen LogP contribution in [-0.4, -0.2) is 39.5 Å². The van der Waals surface area contributed by atoms with E-state index in [2.05, 4.69) is 10.1 Å². The van der Waals surface area contributed by atoms with Gasteiger partial charge in [0.1, 0.15) is 10.6 Å². The summed E-state index contributed by atoms with van der Waals surface area (Å²) in [6.07, 6.45) is -9.69. The van der Waals surface area contributed by atoms with E-state index < -0.39 is 66.1 Å². The van der Waals surface area contributed by atoms with E-state index in [1.54, 1.807) is 0 Å². The lowest BCUT2D eigenvalue weighted by atomic mass is 10.2. The molecule has 0 bridgehead atoms. The minimum Gasteiger partial charge on any atom is -0.262 e. The number of sulfone groups is 1. The molecular formula is C15H10F8N4O2S. The average molecular weight is 462 g/mol. The maximum atomic E-state index is 13.9. The summed E-state index contributed by atoms with van der Waals surface area (Å²) in [5.74, 6) is -1.71. The fourth-order valence-corrected chi connectivity index (χ4v) is 3.62. The second kappa shape index (κ2) is 6.65. The summed E-state index contributed by atoms with van der Waals surface area (Å²) in [6, 6.07) is -4.84. The van der Waals surface area contributed by atoms with Gasteiger partial charge < -0.3 is 0 Å². The molecule has 0 N–H and O–H groups in total. The first kappa shape index (κ1) is 22.0. The average Bonchev–Trinajstić information content (AvgIpc) is 3.26. The van der Waals surface area contributed by atoms with Gasteiger partial charge in [-0.1, -0.05) is 6.92 Å². The molecule has 15 heteroatoms. The standard InChI is InChI=1S/C15H10F8N4O2S/c1-2-30(28,29)11-7-25-27-9(11)5-8(13(16,17)18)6-10(27)12-24-3-4-26(12)15(22,23)14(19,20)21/h3-7H,2H2,1H3. The Hall–Kier alpha value is -2.71. The SMILES string of the molecule is CCS(=O)(=O)c1cnn2c(-c3nccn3C(F)(F)C(F)(F)F)cc(C(F)(F)F)cc12. The molecule has 0 spiro atoms. The van der Waals surface area contributed by atoms with Crippen LogP contribution in [0, 0.1) is 0 Å². The first-order valence-electron chi connectivity index (χ1n) is 7.91. The number of pyridine rings is 1. The van der Waals surface area contributed by atoms with Crippen LogP contribution >= 0.6 is 0 Å². The summed E-state index contributed by atoms with van der Waals surface area (Å²) in [6.45, 7) is 1.21. The van der Waals surface area contributed by atoms with Gasteiger partial charge in [0.05, 0.1) is 23.0 Å². The third-order valence-electron chi connectivity index (χ3n) is 4.14. The van der Waals surface area contributed by atoms with Crippen molar-refractivity contribution < 1.29 is 43.5 Å². The van der Waals surface area contributed by atoms with E-state index >= 15 is 0 Å². The van der Waals surface area contributed by atoms with E-state index in [0.29, 0.717) is 23.0 Å². The number of rotatable bonds is 4. The minimum atomic E-state index is -6.08. The van der Waals surface area contributed by atoms with Crippen LogP contribution in [0.25, 0.3) is 17.0 Å². The summed E-state index contributed by atoms with van der Waals surface area (Å²) in [5, 5.41) is 3.59. The molecule has 3 rings (SSSR count). The van der Waals surface area contributed by atoms with E-state index in [-0.39, 0.29) is 12.3 Å². The molecule has 0 atom stereocenters. The molecule has 0 aliphatic carbocycles. The molecular weight excluding hydrogens is 452 g/mol. The number of hydrogen-bond donors (Lipinski definition) is 0. The van der Waals surface area contributed by atoms with Crippen molar-refractivity contribution in [1.82, 2.24) is 19.2 Å². The van der Waals surface area contributed by atoms with Gasteiger partial charge in [0.2, 0.25) is 0 Å². The third kappa shape index (κ3) is 3.40. The van der Waals surface area contributed by atoms with Crippen molar-refractivity contribution in [2.24, 2.45) is 0 Å². The molecule has 0 aliphatic rings. The molecule has 0 aromatic carbocycles. The highest BCUT2D eigenvalue weighted by molar-refractivity contribution is 7.91. The van der Waals surface area contributed by atoms with Gasteiger partial charge in [-0.05, 0) is 12.1 Å². The molecule has 3 heterocycles. The Balaban J connectivity index is 2.41. The molecule has 0 fully saturated rings. The Labute approximate surface area is 162 Å². The van der Waals surface area contributed by atoms with E-state index in [0.717, 1.165) is 0 Å². The smallest absolute Gasteiger partial charge is 0.262 e.